The minimum atomic E-state index is 0.121. The van der Waals surface area contributed by atoms with E-state index in [4.69, 9.17) is 10.5 Å². The number of nitrogens with two attached hydrogens (primary N) is 1. The van der Waals surface area contributed by atoms with E-state index in [-0.39, 0.29) is 11.3 Å². The first-order chi connectivity index (χ1) is 11.2. The molecule has 0 radical (unpaired) electrons. The van der Waals surface area contributed by atoms with Crippen molar-refractivity contribution in [2.24, 2.45) is 5.41 Å². The van der Waals surface area contributed by atoms with Crippen molar-refractivity contribution in [1.82, 2.24) is 5.32 Å². The van der Waals surface area contributed by atoms with E-state index in [2.05, 4.69) is 5.32 Å². The Morgan fingerprint density at radius 3 is 2.74 bits per heavy atom. The summed E-state index contributed by atoms with van der Waals surface area (Å²) in [5.41, 5.74) is 7.99. The molecule has 0 atom stereocenters. The van der Waals surface area contributed by atoms with Gasteiger partial charge in [-0.05, 0) is 49.7 Å². The molecule has 2 rings (SSSR count). The Morgan fingerprint density at radius 1 is 1.30 bits per heavy atom. The molecular weight excluding hydrogens is 288 g/mol. The largest absolute Gasteiger partial charge is 0.399 e. The number of hydrogen-bond acceptors (Lipinski definition) is 3. The van der Waals surface area contributed by atoms with Crippen LogP contribution in [0.3, 0.4) is 0 Å². The molecule has 1 fully saturated rings. The van der Waals surface area contributed by atoms with Crippen molar-refractivity contribution >= 4 is 11.6 Å². The van der Waals surface area contributed by atoms with Gasteiger partial charge in [0, 0.05) is 31.9 Å². The molecule has 1 amide bonds. The number of rotatable bonds is 9. The van der Waals surface area contributed by atoms with Crippen LogP contribution >= 0.6 is 0 Å². The smallest absolute Gasteiger partial charge is 0.220 e. The van der Waals surface area contributed by atoms with Crippen LogP contribution in [-0.4, -0.2) is 25.7 Å². The molecular formula is C19H30N2O2. The zero-order valence-electron chi connectivity index (χ0n) is 14.3. The summed E-state index contributed by atoms with van der Waals surface area (Å²) in [5, 5.41) is 3.15. The molecule has 128 valence electrons. The highest BCUT2D eigenvalue weighted by atomic mass is 16.5. The fraction of sp³-hybridized carbons (Fsp3) is 0.632. The minimum Gasteiger partial charge on any atom is -0.399 e. The molecule has 1 saturated carbocycles. The van der Waals surface area contributed by atoms with Crippen molar-refractivity contribution in [3.8, 4) is 0 Å². The van der Waals surface area contributed by atoms with Crippen LogP contribution in [0.15, 0.2) is 24.3 Å². The Kier molecular flexibility index (Phi) is 6.90. The van der Waals surface area contributed by atoms with Gasteiger partial charge < -0.3 is 15.8 Å². The number of para-hydroxylation sites is 1. The maximum absolute atomic E-state index is 12.2. The number of nitrogen functional groups attached to an aromatic ring is 1. The van der Waals surface area contributed by atoms with Gasteiger partial charge in [0.15, 0.2) is 0 Å². The summed E-state index contributed by atoms with van der Waals surface area (Å²) < 4.78 is 5.52. The van der Waals surface area contributed by atoms with E-state index in [1.807, 2.05) is 31.2 Å². The van der Waals surface area contributed by atoms with E-state index in [9.17, 15) is 4.79 Å². The van der Waals surface area contributed by atoms with Crippen LogP contribution in [0.5, 0.6) is 0 Å². The predicted octanol–water partition coefficient (Wildman–Crippen LogP) is 3.30. The van der Waals surface area contributed by atoms with Crippen LogP contribution in [0.4, 0.5) is 5.69 Å². The van der Waals surface area contributed by atoms with Crippen LogP contribution in [0.1, 0.15) is 51.0 Å². The van der Waals surface area contributed by atoms with E-state index in [1.54, 1.807) is 0 Å². The minimum absolute atomic E-state index is 0.121. The molecule has 4 heteroatoms. The molecule has 0 unspecified atom stereocenters. The quantitative estimate of drug-likeness (QED) is 0.542. The highest BCUT2D eigenvalue weighted by molar-refractivity contribution is 5.76. The van der Waals surface area contributed by atoms with Gasteiger partial charge >= 0.3 is 0 Å². The van der Waals surface area contributed by atoms with E-state index in [0.717, 1.165) is 37.4 Å². The summed E-state index contributed by atoms with van der Waals surface area (Å²) >= 11 is 0. The number of carbonyl (C=O) groups excluding carboxylic acids is 1. The summed E-state index contributed by atoms with van der Waals surface area (Å²) in [7, 11) is 0. The van der Waals surface area contributed by atoms with Crippen molar-refractivity contribution in [2.75, 3.05) is 25.5 Å². The number of nitrogens with one attached hydrogen (secondary N) is 1. The van der Waals surface area contributed by atoms with Crippen LogP contribution < -0.4 is 11.1 Å². The Morgan fingerprint density at radius 2 is 2.04 bits per heavy atom. The van der Waals surface area contributed by atoms with Crippen molar-refractivity contribution < 1.29 is 9.53 Å². The van der Waals surface area contributed by atoms with E-state index < -0.39 is 0 Å². The van der Waals surface area contributed by atoms with E-state index >= 15 is 0 Å². The zero-order valence-corrected chi connectivity index (χ0v) is 14.3. The van der Waals surface area contributed by atoms with Gasteiger partial charge in [-0.3, -0.25) is 4.79 Å². The first kappa shape index (κ1) is 17.8. The SMILES string of the molecule is CCOCCC1(CNC(=O)CCc2ccccc2N)CCCC1. The van der Waals surface area contributed by atoms with Crippen LogP contribution in [0.25, 0.3) is 0 Å². The predicted molar refractivity (Wildman–Crippen MR) is 94.2 cm³/mol. The number of ether oxygens (including phenoxy) is 1. The van der Waals surface area contributed by atoms with E-state index in [0.29, 0.717) is 12.8 Å². The Hall–Kier alpha value is -1.55. The molecule has 0 heterocycles. The lowest BCUT2D eigenvalue weighted by Gasteiger charge is -2.29. The number of aryl methyl sites for hydroxylation is 1. The second-order valence-corrected chi connectivity index (χ2v) is 6.63. The Labute approximate surface area is 139 Å². The number of hydrogen-bond donors (Lipinski definition) is 2. The Bertz CT molecular complexity index is 496. The fourth-order valence-electron chi connectivity index (χ4n) is 3.46. The normalized spacial score (nSPS) is 16.4. The number of benzene rings is 1. The van der Waals surface area contributed by atoms with Gasteiger partial charge in [0.2, 0.25) is 5.91 Å². The third-order valence-corrected chi connectivity index (χ3v) is 4.98. The first-order valence-electron chi connectivity index (χ1n) is 8.83. The summed E-state index contributed by atoms with van der Waals surface area (Å²) in [4.78, 5) is 12.2. The van der Waals surface area contributed by atoms with Gasteiger partial charge in [-0.15, -0.1) is 0 Å². The van der Waals surface area contributed by atoms with E-state index in [1.165, 1.54) is 25.7 Å². The molecule has 0 saturated heterocycles. The summed E-state index contributed by atoms with van der Waals surface area (Å²) in [6.45, 7) is 4.37. The maximum atomic E-state index is 12.2. The molecule has 0 aromatic heterocycles. The highest BCUT2D eigenvalue weighted by Gasteiger charge is 2.33. The maximum Gasteiger partial charge on any atom is 0.220 e. The summed E-state index contributed by atoms with van der Waals surface area (Å²) in [6.07, 6.45) is 7.18. The molecule has 4 nitrogen and oxygen atoms in total. The molecule has 3 N–H and O–H groups in total. The molecule has 1 aliphatic carbocycles. The monoisotopic (exact) mass is 318 g/mol. The van der Waals surface area contributed by atoms with Crippen molar-refractivity contribution in [2.45, 2.75) is 51.9 Å². The standard InChI is InChI=1S/C19H30N2O2/c1-2-23-14-13-19(11-5-6-12-19)15-21-18(22)10-9-16-7-3-4-8-17(16)20/h3-4,7-8H,2,5-6,9-15,20H2,1H3,(H,21,22). The number of carbonyl (C=O) groups is 1. The number of anilines is 1. The average molecular weight is 318 g/mol. The molecule has 0 spiro atoms. The molecule has 1 aromatic rings. The Balaban J connectivity index is 1.76. The third-order valence-electron chi connectivity index (χ3n) is 4.98. The summed E-state index contributed by atoms with van der Waals surface area (Å²) in [5.74, 6) is 0.121. The zero-order chi connectivity index (χ0) is 16.5. The summed E-state index contributed by atoms with van der Waals surface area (Å²) in [6, 6.07) is 7.75. The van der Waals surface area contributed by atoms with Crippen LogP contribution in [-0.2, 0) is 16.0 Å². The van der Waals surface area contributed by atoms with Crippen molar-refractivity contribution in [1.29, 1.82) is 0 Å². The first-order valence-corrected chi connectivity index (χ1v) is 8.83. The van der Waals surface area contributed by atoms with Crippen LogP contribution in [0, 0.1) is 5.41 Å². The molecule has 1 aromatic carbocycles. The fourth-order valence-corrected chi connectivity index (χ4v) is 3.46. The lowest BCUT2D eigenvalue weighted by Crippen LogP contribution is -2.36. The van der Waals surface area contributed by atoms with Gasteiger partial charge in [-0.25, -0.2) is 0 Å². The van der Waals surface area contributed by atoms with Crippen LogP contribution in [0.2, 0.25) is 0 Å². The average Bonchev–Trinajstić information content (AvgIpc) is 3.02. The molecule has 0 aliphatic heterocycles. The van der Waals surface area contributed by atoms with Gasteiger partial charge in [-0.1, -0.05) is 31.0 Å². The second-order valence-electron chi connectivity index (χ2n) is 6.63. The highest BCUT2D eigenvalue weighted by Crippen LogP contribution is 2.40. The third kappa shape index (κ3) is 5.54. The van der Waals surface area contributed by atoms with Gasteiger partial charge in [0.05, 0.1) is 0 Å². The molecule has 23 heavy (non-hydrogen) atoms. The van der Waals surface area contributed by atoms with Gasteiger partial charge in [-0.2, -0.15) is 0 Å². The number of amides is 1. The molecule has 1 aliphatic rings. The molecule has 0 bridgehead atoms. The van der Waals surface area contributed by atoms with Crippen molar-refractivity contribution in [3.63, 3.8) is 0 Å². The lowest BCUT2D eigenvalue weighted by atomic mass is 9.83. The second kappa shape index (κ2) is 8.92. The lowest BCUT2D eigenvalue weighted by molar-refractivity contribution is -0.121. The van der Waals surface area contributed by atoms with Gasteiger partial charge in [0.25, 0.3) is 0 Å². The van der Waals surface area contributed by atoms with Crippen molar-refractivity contribution in [3.05, 3.63) is 29.8 Å². The van der Waals surface area contributed by atoms with Gasteiger partial charge in [0.1, 0.15) is 0 Å². The topological polar surface area (TPSA) is 64.3 Å².